The van der Waals surface area contributed by atoms with Gasteiger partial charge in [-0.05, 0) is 37.5 Å². The van der Waals surface area contributed by atoms with E-state index in [1.54, 1.807) is 13.4 Å². The van der Waals surface area contributed by atoms with Crippen molar-refractivity contribution in [1.29, 1.82) is 0 Å². The normalized spacial score (nSPS) is 21.5. The third-order valence-corrected chi connectivity index (χ3v) is 6.19. The van der Waals surface area contributed by atoms with Gasteiger partial charge in [0.2, 0.25) is 0 Å². The van der Waals surface area contributed by atoms with Crippen LogP contribution < -0.4 is 15.8 Å². The first kappa shape index (κ1) is 20.0. The van der Waals surface area contributed by atoms with Crippen LogP contribution in [0.15, 0.2) is 41.5 Å². The summed E-state index contributed by atoms with van der Waals surface area (Å²) in [6.45, 7) is 3.28. The Kier molecular flexibility index (Phi) is 5.33. The van der Waals surface area contributed by atoms with Crippen molar-refractivity contribution >= 4 is 22.4 Å². The molecule has 8 heteroatoms. The maximum absolute atomic E-state index is 12.8. The van der Waals surface area contributed by atoms with E-state index >= 15 is 0 Å². The number of fused-ring (bicyclic) bond motifs is 1. The van der Waals surface area contributed by atoms with E-state index in [0.717, 1.165) is 56.1 Å². The highest BCUT2D eigenvalue weighted by Crippen LogP contribution is 2.29. The fraction of sp³-hybridized carbons (Fsp3) is 0.435. The van der Waals surface area contributed by atoms with Crippen LogP contribution in [0.1, 0.15) is 19.3 Å². The van der Waals surface area contributed by atoms with E-state index in [0.29, 0.717) is 23.1 Å². The number of nitrogens with zero attached hydrogens (tertiary/aromatic N) is 4. The number of hydrogen-bond acceptors (Lipinski definition) is 7. The first-order chi connectivity index (χ1) is 15.1. The number of nitrogens with one attached hydrogen (secondary N) is 1. The molecule has 2 fully saturated rings. The molecule has 2 atom stereocenters. The lowest BCUT2D eigenvalue weighted by Crippen LogP contribution is -2.36. The molecule has 0 bridgehead atoms. The highest BCUT2D eigenvalue weighted by Gasteiger charge is 2.24. The van der Waals surface area contributed by atoms with Crippen molar-refractivity contribution in [3.05, 3.63) is 47.0 Å². The van der Waals surface area contributed by atoms with E-state index in [-0.39, 0.29) is 17.7 Å². The lowest BCUT2D eigenvalue weighted by atomic mass is 10.1. The van der Waals surface area contributed by atoms with E-state index < -0.39 is 0 Å². The second-order valence-corrected chi connectivity index (χ2v) is 8.37. The molecular weight excluding hydrogens is 394 g/mol. The summed E-state index contributed by atoms with van der Waals surface area (Å²) >= 11 is 0. The fourth-order valence-electron chi connectivity index (χ4n) is 4.42. The summed E-state index contributed by atoms with van der Waals surface area (Å²) in [6, 6.07) is 10.3. The van der Waals surface area contributed by atoms with Gasteiger partial charge in [0.1, 0.15) is 11.2 Å². The van der Waals surface area contributed by atoms with E-state index in [4.69, 9.17) is 9.72 Å². The Labute approximate surface area is 180 Å². The minimum atomic E-state index is -0.305. The van der Waals surface area contributed by atoms with Gasteiger partial charge in [0, 0.05) is 37.4 Å². The summed E-state index contributed by atoms with van der Waals surface area (Å²) in [5.74, 6) is 0.539. The Hall–Kier alpha value is -2.97. The Morgan fingerprint density at radius 2 is 1.94 bits per heavy atom. The lowest BCUT2D eigenvalue weighted by molar-refractivity contribution is 0.122. The lowest BCUT2D eigenvalue weighted by Gasteiger charge is -2.28. The van der Waals surface area contributed by atoms with Gasteiger partial charge < -0.3 is 24.6 Å². The van der Waals surface area contributed by atoms with Crippen LogP contribution in [0.3, 0.4) is 0 Å². The van der Waals surface area contributed by atoms with E-state index in [9.17, 15) is 9.90 Å². The minimum Gasteiger partial charge on any atom is -0.393 e. The second kappa shape index (κ2) is 8.28. The van der Waals surface area contributed by atoms with Gasteiger partial charge in [-0.2, -0.15) is 0 Å². The molecule has 1 aliphatic carbocycles. The second-order valence-electron chi connectivity index (χ2n) is 8.37. The smallest absolute Gasteiger partial charge is 0.264 e. The van der Waals surface area contributed by atoms with Crippen LogP contribution in [-0.4, -0.2) is 58.1 Å². The van der Waals surface area contributed by atoms with Gasteiger partial charge in [-0.25, -0.2) is 9.97 Å². The monoisotopic (exact) mass is 421 g/mol. The Morgan fingerprint density at radius 3 is 2.65 bits per heavy atom. The van der Waals surface area contributed by atoms with Gasteiger partial charge in [0.05, 0.1) is 36.9 Å². The van der Waals surface area contributed by atoms with Crippen molar-refractivity contribution in [3.8, 4) is 11.3 Å². The van der Waals surface area contributed by atoms with Crippen molar-refractivity contribution in [2.75, 3.05) is 36.5 Å². The molecule has 0 spiro atoms. The first-order valence-corrected chi connectivity index (χ1v) is 10.8. The molecule has 0 radical (unpaired) electrons. The molecule has 2 aliphatic rings. The van der Waals surface area contributed by atoms with Gasteiger partial charge in [-0.3, -0.25) is 4.79 Å². The van der Waals surface area contributed by atoms with Crippen molar-refractivity contribution in [2.45, 2.75) is 31.4 Å². The van der Waals surface area contributed by atoms with Crippen molar-refractivity contribution < 1.29 is 9.84 Å². The zero-order valence-corrected chi connectivity index (χ0v) is 17.6. The zero-order valence-electron chi connectivity index (χ0n) is 17.6. The molecule has 5 rings (SSSR count). The first-order valence-electron chi connectivity index (χ1n) is 10.8. The number of benzene rings is 1. The van der Waals surface area contributed by atoms with E-state index in [2.05, 4.69) is 39.5 Å². The largest absolute Gasteiger partial charge is 0.393 e. The molecule has 8 nitrogen and oxygen atoms in total. The molecule has 1 saturated heterocycles. The molecule has 2 N–H and O–H groups in total. The standard InChI is InChI=1S/C23H27N5O3/c1-27-14-24-20-13-19(15-2-5-17(6-3-15)28-8-10-31-11-9-28)26-22(21(20)23(27)30)25-16-4-7-18(29)12-16/h2-3,5-6,13-14,16,18,29H,4,7-12H2,1H3,(H,25,26)/t16-,18-/m1/s1. The number of aliphatic hydroxyl groups is 1. The summed E-state index contributed by atoms with van der Waals surface area (Å²) in [6.07, 6.45) is 3.50. The van der Waals surface area contributed by atoms with Crippen molar-refractivity contribution in [3.63, 3.8) is 0 Å². The third kappa shape index (κ3) is 4.00. The van der Waals surface area contributed by atoms with Crippen molar-refractivity contribution in [2.24, 2.45) is 7.05 Å². The summed E-state index contributed by atoms with van der Waals surface area (Å²) in [7, 11) is 1.69. The molecule has 31 heavy (non-hydrogen) atoms. The van der Waals surface area contributed by atoms with Crippen LogP contribution in [-0.2, 0) is 11.8 Å². The zero-order chi connectivity index (χ0) is 21.4. The number of morpholine rings is 1. The van der Waals surface area contributed by atoms with Gasteiger partial charge in [-0.1, -0.05) is 12.1 Å². The molecular formula is C23H27N5O3. The maximum atomic E-state index is 12.8. The third-order valence-electron chi connectivity index (χ3n) is 6.19. The molecule has 1 aliphatic heterocycles. The van der Waals surface area contributed by atoms with Gasteiger partial charge in [0.15, 0.2) is 0 Å². The van der Waals surface area contributed by atoms with Crippen LogP contribution in [0.2, 0.25) is 0 Å². The number of anilines is 2. The number of rotatable bonds is 4. The number of ether oxygens (including phenoxy) is 1. The molecule has 0 amide bonds. The average molecular weight is 422 g/mol. The number of aromatic nitrogens is 3. The average Bonchev–Trinajstić information content (AvgIpc) is 3.21. The topological polar surface area (TPSA) is 92.5 Å². The van der Waals surface area contributed by atoms with Crippen LogP contribution in [0.5, 0.6) is 0 Å². The summed E-state index contributed by atoms with van der Waals surface area (Å²) in [5, 5.41) is 13.8. The van der Waals surface area contributed by atoms with Gasteiger partial charge >= 0.3 is 0 Å². The highest BCUT2D eigenvalue weighted by molar-refractivity contribution is 5.91. The number of pyridine rings is 1. The molecule has 3 heterocycles. The molecule has 2 aromatic heterocycles. The van der Waals surface area contributed by atoms with E-state index in [1.165, 1.54) is 4.57 Å². The minimum absolute atomic E-state index is 0.0922. The molecule has 1 aromatic carbocycles. The van der Waals surface area contributed by atoms with Crippen LogP contribution in [0.25, 0.3) is 22.2 Å². The summed E-state index contributed by atoms with van der Waals surface area (Å²) < 4.78 is 6.91. The van der Waals surface area contributed by atoms with E-state index in [1.807, 2.05) is 6.07 Å². The number of aryl methyl sites for hydroxylation is 1. The Bertz CT molecular complexity index is 1140. The van der Waals surface area contributed by atoms with Crippen LogP contribution in [0.4, 0.5) is 11.5 Å². The fourth-order valence-corrected chi connectivity index (χ4v) is 4.42. The summed E-state index contributed by atoms with van der Waals surface area (Å²) in [4.78, 5) is 24.4. The molecule has 0 unspecified atom stereocenters. The van der Waals surface area contributed by atoms with Crippen LogP contribution >= 0.6 is 0 Å². The molecule has 162 valence electrons. The Balaban J connectivity index is 1.53. The Morgan fingerprint density at radius 1 is 1.16 bits per heavy atom. The summed E-state index contributed by atoms with van der Waals surface area (Å²) in [5.41, 5.74) is 3.39. The predicted molar refractivity (Wildman–Crippen MR) is 121 cm³/mol. The quantitative estimate of drug-likeness (QED) is 0.667. The van der Waals surface area contributed by atoms with Gasteiger partial charge in [-0.15, -0.1) is 0 Å². The highest BCUT2D eigenvalue weighted by atomic mass is 16.5. The predicted octanol–water partition coefficient (Wildman–Crippen LogP) is 2.16. The number of hydrogen-bond donors (Lipinski definition) is 2. The van der Waals surface area contributed by atoms with Crippen molar-refractivity contribution in [1.82, 2.24) is 14.5 Å². The molecule has 3 aromatic rings. The maximum Gasteiger partial charge on any atom is 0.264 e. The number of aliphatic hydroxyl groups excluding tert-OH is 1. The molecule has 1 saturated carbocycles. The van der Waals surface area contributed by atoms with Gasteiger partial charge in [0.25, 0.3) is 5.56 Å². The van der Waals surface area contributed by atoms with Crippen LogP contribution in [0, 0.1) is 0 Å². The SMILES string of the molecule is Cn1cnc2cc(-c3ccc(N4CCOCC4)cc3)nc(N[C@@H]3CC[C@@H](O)C3)c2c1=O.